The fraction of sp³-hybridized carbons (Fsp3) is 0.133. The number of hydrogen-bond donors (Lipinski definition) is 2. The molecule has 0 saturated carbocycles. The SMILES string of the molecule is Cc1cccc(NC(=O)NCc2noc3ccccc23)n1. The van der Waals surface area contributed by atoms with Gasteiger partial charge in [0.05, 0.1) is 6.54 Å². The minimum absolute atomic E-state index is 0.286. The maximum atomic E-state index is 11.8. The molecule has 2 amide bonds. The van der Waals surface area contributed by atoms with Crippen LogP contribution in [-0.4, -0.2) is 16.2 Å². The van der Waals surface area contributed by atoms with E-state index in [1.807, 2.05) is 43.3 Å². The molecule has 0 saturated heterocycles. The molecule has 0 radical (unpaired) electrons. The zero-order valence-electron chi connectivity index (χ0n) is 11.5. The number of nitrogens with zero attached hydrogens (tertiary/aromatic N) is 2. The first-order chi connectivity index (χ1) is 10.2. The molecule has 21 heavy (non-hydrogen) atoms. The number of urea groups is 1. The summed E-state index contributed by atoms with van der Waals surface area (Å²) in [7, 11) is 0. The molecule has 2 aromatic heterocycles. The molecule has 2 heterocycles. The van der Waals surface area contributed by atoms with Crippen LogP contribution >= 0.6 is 0 Å². The Balaban J connectivity index is 1.63. The Kier molecular flexibility index (Phi) is 3.51. The molecular formula is C15H14N4O2. The van der Waals surface area contributed by atoms with E-state index in [9.17, 15) is 4.79 Å². The topological polar surface area (TPSA) is 80.0 Å². The minimum atomic E-state index is -0.333. The van der Waals surface area contributed by atoms with Crippen LogP contribution in [0.1, 0.15) is 11.4 Å². The third-order valence-corrected chi connectivity index (χ3v) is 3.00. The molecule has 0 bridgehead atoms. The van der Waals surface area contributed by atoms with Crippen molar-refractivity contribution in [2.75, 3.05) is 5.32 Å². The summed E-state index contributed by atoms with van der Waals surface area (Å²) >= 11 is 0. The van der Waals surface area contributed by atoms with E-state index >= 15 is 0 Å². The molecule has 0 aliphatic heterocycles. The lowest BCUT2D eigenvalue weighted by molar-refractivity contribution is 0.251. The lowest BCUT2D eigenvalue weighted by Gasteiger charge is -2.06. The molecule has 6 nitrogen and oxygen atoms in total. The number of para-hydroxylation sites is 1. The van der Waals surface area contributed by atoms with Gasteiger partial charge in [-0.25, -0.2) is 9.78 Å². The highest BCUT2D eigenvalue weighted by atomic mass is 16.5. The minimum Gasteiger partial charge on any atom is -0.356 e. The highest BCUT2D eigenvalue weighted by molar-refractivity contribution is 5.88. The fourth-order valence-corrected chi connectivity index (χ4v) is 2.00. The largest absolute Gasteiger partial charge is 0.356 e. The van der Waals surface area contributed by atoms with Gasteiger partial charge in [-0.05, 0) is 31.2 Å². The Labute approximate surface area is 121 Å². The summed E-state index contributed by atoms with van der Waals surface area (Å²) in [6.07, 6.45) is 0. The Bertz CT molecular complexity index is 782. The van der Waals surface area contributed by atoms with E-state index in [1.54, 1.807) is 6.07 Å². The predicted octanol–water partition coefficient (Wildman–Crippen LogP) is 2.85. The Hall–Kier alpha value is -2.89. The van der Waals surface area contributed by atoms with Gasteiger partial charge >= 0.3 is 6.03 Å². The Morgan fingerprint density at radius 1 is 1.19 bits per heavy atom. The Morgan fingerprint density at radius 3 is 2.90 bits per heavy atom. The summed E-state index contributed by atoms with van der Waals surface area (Å²) in [5.41, 5.74) is 2.24. The summed E-state index contributed by atoms with van der Waals surface area (Å²) in [5, 5.41) is 10.3. The summed E-state index contributed by atoms with van der Waals surface area (Å²) in [6, 6.07) is 12.6. The van der Waals surface area contributed by atoms with Crippen LogP contribution in [-0.2, 0) is 6.54 Å². The lowest BCUT2D eigenvalue weighted by atomic mass is 10.2. The smallest absolute Gasteiger partial charge is 0.320 e. The average molecular weight is 282 g/mol. The third-order valence-electron chi connectivity index (χ3n) is 3.00. The second kappa shape index (κ2) is 5.62. The van der Waals surface area contributed by atoms with E-state index in [-0.39, 0.29) is 12.6 Å². The zero-order chi connectivity index (χ0) is 14.7. The van der Waals surface area contributed by atoms with Crippen molar-refractivity contribution >= 4 is 22.8 Å². The van der Waals surface area contributed by atoms with Gasteiger partial charge in [-0.3, -0.25) is 5.32 Å². The quantitative estimate of drug-likeness (QED) is 0.774. The van der Waals surface area contributed by atoms with Crippen molar-refractivity contribution in [2.24, 2.45) is 0 Å². The summed E-state index contributed by atoms with van der Waals surface area (Å²) in [4.78, 5) is 16.0. The fourth-order valence-electron chi connectivity index (χ4n) is 2.00. The number of aromatic nitrogens is 2. The number of carbonyl (C=O) groups excluding carboxylic acids is 1. The number of hydrogen-bond acceptors (Lipinski definition) is 4. The molecule has 3 aromatic rings. The van der Waals surface area contributed by atoms with Crippen molar-refractivity contribution in [1.29, 1.82) is 0 Å². The zero-order valence-corrected chi connectivity index (χ0v) is 11.5. The van der Waals surface area contributed by atoms with Gasteiger partial charge in [-0.1, -0.05) is 23.4 Å². The van der Waals surface area contributed by atoms with E-state index < -0.39 is 0 Å². The van der Waals surface area contributed by atoms with Crippen molar-refractivity contribution in [3.63, 3.8) is 0 Å². The number of anilines is 1. The van der Waals surface area contributed by atoms with Crippen LogP contribution in [0.15, 0.2) is 47.0 Å². The number of carbonyl (C=O) groups is 1. The van der Waals surface area contributed by atoms with E-state index in [0.717, 1.165) is 11.1 Å². The number of pyridine rings is 1. The van der Waals surface area contributed by atoms with Gasteiger partial charge in [0.15, 0.2) is 5.58 Å². The maximum absolute atomic E-state index is 11.8. The maximum Gasteiger partial charge on any atom is 0.320 e. The highest BCUT2D eigenvalue weighted by Crippen LogP contribution is 2.17. The van der Waals surface area contributed by atoms with Crippen molar-refractivity contribution in [1.82, 2.24) is 15.5 Å². The molecule has 0 atom stereocenters. The molecule has 0 unspecified atom stereocenters. The molecule has 1 aromatic carbocycles. The normalized spacial score (nSPS) is 10.5. The van der Waals surface area contributed by atoms with Crippen LogP contribution in [0.2, 0.25) is 0 Å². The molecular weight excluding hydrogens is 268 g/mol. The van der Waals surface area contributed by atoms with Crippen LogP contribution in [0.25, 0.3) is 11.0 Å². The number of fused-ring (bicyclic) bond motifs is 1. The number of rotatable bonds is 3. The molecule has 0 fully saturated rings. The molecule has 2 N–H and O–H groups in total. The van der Waals surface area contributed by atoms with Crippen LogP contribution in [0.5, 0.6) is 0 Å². The van der Waals surface area contributed by atoms with Crippen molar-refractivity contribution in [3.05, 3.63) is 53.9 Å². The van der Waals surface area contributed by atoms with Crippen LogP contribution in [0, 0.1) is 6.92 Å². The first-order valence-corrected chi connectivity index (χ1v) is 6.54. The van der Waals surface area contributed by atoms with Gasteiger partial charge in [-0.15, -0.1) is 0 Å². The van der Waals surface area contributed by atoms with E-state index in [0.29, 0.717) is 17.1 Å². The number of amides is 2. The first-order valence-electron chi connectivity index (χ1n) is 6.54. The lowest BCUT2D eigenvalue weighted by Crippen LogP contribution is -2.28. The summed E-state index contributed by atoms with van der Waals surface area (Å²) in [6.45, 7) is 2.15. The van der Waals surface area contributed by atoms with Gasteiger partial charge in [-0.2, -0.15) is 0 Å². The first kappa shape index (κ1) is 13.1. The third kappa shape index (κ3) is 3.00. The molecule has 6 heteroatoms. The second-order valence-electron chi connectivity index (χ2n) is 4.60. The highest BCUT2D eigenvalue weighted by Gasteiger charge is 2.09. The Morgan fingerprint density at radius 2 is 2.05 bits per heavy atom. The second-order valence-corrected chi connectivity index (χ2v) is 4.60. The van der Waals surface area contributed by atoms with E-state index in [2.05, 4.69) is 20.8 Å². The number of aryl methyl sites for hydroxylation is 1. The van der Waals surface area contributed by atoms with Gasteiger partial charge < -0.3 is 9.84 Å². The average Bonchev–Trinajstić information content (AvgIpc) is 2.88. The molecule has 0 aliphatic rings. The van der Waals surface area contributed by atoms with Crippen molar-refractivity contribution in [3.8, 4) is 0 Å². The number of nitrogens with one attached hydrogen (secondary N) is 2. The molecule has 106 valence electrons. The monoisotopic (exact) mass is 282 g/mol. The molecule has 0 aliphatic carbocycles. The van der Waals surface area contributed by atoms with Crippen LogP contribution < -0.4 is 10.6 Å². The molecule has 0 spiro atoms. The summed E-state index contributed by atoms with van der Waals surface area (Å²) in [5.74, 6) is 0.512. The van der Waals surface area contributed by atoms with Gasteiger partial charge in [0.25, 0.3) is 0 Å². The summed E-state index contributed by atoms with van der Waals surface area (Å²) < 4.78 is 5.18. The predicted molar refractivity (Wildman–Crippen MR) is 78.8 cm³/mol. The van der Waals surface area contributed by atoms with E-state index in [4.69, 9.17) is 4.52 Å². The standard InChI is InChI=1S/C15H14N4O2/c1-10-5-4-8-14(17-10)18-15(20)16-9-12-11-6-2-3-7-13(11)21-19-12/h2-8H,9H2,1H3,(H2,16,17,18,20). The molecule has 3 rings (SSSR count). The van der Waals surface area contributed by atoms with Gasteiger partial charge in [0.1, 0.15) is 11.5 Å². The van der Waals surface area contributed by atoms with Crippen molar-refractivity contribution in [2.45, 2.75) is 13.5 Å². The van der Waals surface area contributed by atoms with Crippen LogP contribution in [0.3, 0.4) is 0 Å². The van der Waals surface area contributed by atoms with E-state index in [1.165, 1.54) is 0 Å². The number of benzene rings is 1. The van der Waals surface area contributed by atoms with Gasteiger partial charge in [0, 0.05) is 11.1 Å². The van der Waals surface area contributed by atoms with Crippen molar-refractivity contribution < 1.29 is 9.32 Å². The van der Waals surface area contributed by atoms with Crippen LogP contribution in [0.4, 0.5) is 10.6 Å². The van der Waals surface area contributed by atoms with Gasteiger partial charge in [0.2, 0.25) is 0 Å².